The van der Waals surface area contributed by atoms with Gasteiger partial charge in [-0.25, -0.2) is 15.0 Å². The van der Waals surface area contributed by atoms with Gasteiger partial charge in [-0.05, 0) is 25.0 Å². The summed E-state index contributed by atoms with van der Waals surface area (Å²) in [7, 11) is 0. The van der Waals surface area contributed by atoms with Crippen molar-refractivity contribution < 1.29 is 4.92 Å². The fourth-order valence-electron chi connectivity index (χ4n) is 3.02. The number of piperazine rings is 1. The third kappa shape index (κ3) is 5.63. The van der Waals surface area contributed by atoms with Crippen LogP contribution in [0.5, 0.6) is 0 Å². The minimum atomic E-state index is -0.390. The Morgan fingerprint density at radius 2 is 1.86 bits per heavy atom. The zero-order valence-corrected chi connectivity index (χ0v) is 16.9. The van der Waals surface area contributed by atoms with Crippen molar-refractivity contribution in [3.8, 4) is 0 Å². The van der Waals surface area contributed by atoms with Crippen molar-refractivity contribution in [3.63, 3.8) is 0 Å². The summed E-state index contributed by atoms with van der Waals surface area (Å²) in [5, 5.41) is 14.3. The maximum Gasteiger partial charge on any atom is 0.269 e. The summed E-state index contributed by atoms with van der Waals surface area (Å²) in [5.41, 5.74) is 1.03. The maximum atomic E-state index is 10.8. The van der Waals surface area contributed by atoms with E-state index in [1.807, 2.05) is 6.07 Å². The van der Waals surface area contributed by atoms with Crippen LogP contribution in [-0.2, 0) is 6.54 Å². The minimum Gasteiger partial charge on any atom is -0.354 e. The maximum absolute atomic E-state index is 10.8. The van der Waals surface area contributed by atoms with Crippen LogP contribution in [0.4, 0.5) is 11.6 Å². The van der Waals surface area contributed by atoms with Gasteiger partial charge in [-0.2, -0.15) is 0 Å². The van der Waals surface area contributed by atoms with Gasteiger partial charge in [0.25, 0.3) is 5.69 Å². The molecule has 0 spiro atoms. The molecule has 1 aromatic heterocycles. The molecule has 1 atom stereocenters. The van der Waals surface area contributed by atoms with Crippen LogP contribution in [0.3, 0.4) is 0 Å². The van der Waals surface area contributed by atoms with Crippen molar-refractivity contribution in [2.45, 2.75) is 32.9 Å². The van der Waals surface area contributed by atoms with Crippen molar-refractivity contribution in [1.82, 2.24) is 20.2 Å². The first-order chi connectivity index (χ1) is 14.1. The number of anilines is 1. The summed E-state index contributed by atoms with van der Waals surface area (Å²) < 4.78 is 0. The monoisotopic (exact) mass is 397 g/mol. The fourth-order valence-corrected chi connectivity index (χ4v) is 3.02. The van der Waals surface area contributed by atoms with Crippen LogP contribution >= 0.6 is 0 Å². The largest absolute Gasteiger partial charge is 0.354 e. The molecule has 1 N–H and O–H groups in total. The SMILES string of the molecule is CCC(C)NC(=NCc1ccc([N+](=O)[O-])cc1)N1CCN(c2ncccn2)CC1. The summed E-state index contributed by atoms with van der Waals surface area (Å²) in [6, 6.07) is 8.68. The highest BCUT2D eigenvalue weighted by molar-refractivity contribution is 5.80. The average molecular weight is 397 g/mol. The van der Waals surface area contributed by atoms with Crippen molar-refractivity contribution in [2.24, 2.45) is 4.99 Å². The molecule has 1 aliphatic heterocycles. The molecule has 0 amide bonds. The Morgan fingerprint density at radius 1 is 1.21 bits per heavy atom. The molecule has 29 heavy (non-hydrogen) atoms. The van der Waals surface area contributed by atoms with Crippen molar-refractivity contribution >= 4 is 17.6 Å². The van der Waals surface area contributed by atoms with Crippen LogP contribution in [0.25, 0.3) is 0 Å². The number of aromatic nitrogens is 2. The molecule has 9 heteroatoms. The van der Waals surface area contributed by atoms with Crippen molar-refractivity contribution in [2.75, 3.05) is 31.1 Å². The number of guanidine groups is 1. The van der Waals surface area contributed by atoms with E-state index in [9.17, 15) is 10.1 Å². The number of hydrogen-bond acceptors (Lipinski definition) is 6. The molecule has 0 bridgehead atoms. The molecule has 1 aliphatic rings. The van der Waals surface area contributed by atoms with E-state index in [1.54, 1.807) is 24.5 Å². The zero-order chi connectivity index (χ0) is 20.6. The number of non-ortho nitro benzene ring substituents is 1. The van der Waals surface area contributed by atoms with Crippen LogP contribution in [0.15, 0.2) is 47.7 Å². The summed E-state index contributed by atoms with van der Waals surface area (Å²) >= 11 is 0. The van der Waals surface area contributed by atoms with E-state index in [1.165, 1.54) is 12.1 Å². The Labute approximate surface area is 170 Å². The van der Waals surface area contributed by atoms with Gasteiger partial charge in [0.15, 0.2) is 5.96 Å². The Kier molecular flexibility index (Phi) is 6.94. The summed E-state index contributed by atoms with van der Waals surface area (Å²) in [4.78, 5) is 28.3. The Hall–Kier alpha value is -3.23. The summed E-state index contributed by atoms with van der Waals surface area (Å²) in [5.74, 6) is 1.62. The van der Waals surface area contributed by atoms with E-state index in [0.717, 1.165) is 50.1 Å². The second-order valence-corrected chi connectivity index (χ2v) is 7.04. The van der Waals surface area contributed by atoms with Crippen LogP contribution < -0.4 is 10.2 Å². The third-order valence-electron chi connectivity index (χ3n) is 4.96. The first kappa shape index (κ1) is 20.5. The zero-order valence-electron chi connectivity index (χ0n) is 16.9. The van der Waals surface area contributed by atoms with Crippen LogP contribution in [0, 0.1) is 10.1 Å². The van der Waals surface area contributed by atoms with Crippen LogP contribution in [-0.4, -0.2) is 58.0 Å². The van der Waals surface area contributed by atoms with Gasteiger partial charge in [-0.1, -0.05) is 19.1 Å². The Morgan fingerprint density at radius 3 is 2.45 bits per heavy atom. The van der Waals surface area contributed by atoms with E-state index in [-0.39, 0.29) is 10.6 Å². The third-order valence-corrected chi connectivity index (χ3v) is 4.96. The lowest BCUT2D eigenvalue weighted by atomic mass is 10.2. The van der Waals surface area contributed by atoms with Crippen LogP contribution in [0.1, 0.15) is 25.8 Å². The van der Waals surface area contributed by atoms with Gasteiger partial charge in [0.05, 0.1) is 11.5 Å². The molecule has 0 aliphatic carbocycles. The number of aliphatic imine (C=N–C) groups is 1. The first-order valence-corrected chi connectivity index (χ1v) is 9.88. The fraction of sp³-hybridized carbons (Fsp3) is 0.450. The molecule has 3 rings (SSSR count). The molecule has 0 saturated carbocycles. The lowest BCUT2D eigenvalue weighted by Gasteiger charge is -2.37. The molecule has 154 valence electrons. The normalized spacial score (nSPS) is 15.9. The molecule has 2 heterocycles. The first-order valence-electron chi connectivity index (χ1n) is 9.88. The van der Waals surface area contributed by atoms with Gasteiger partial charge in [-0.3, -0.25) is 10.1 Å². The number of nitro benzene ring substituents is 1. The van der Waals surface area contributed by atoms with E-state index in [0.29, 0.717) is 12.6 Å². The lowest BCUT2D eigenvalue weighted by molar-refractivity contribution is -0.384. The van der Waals surface area contributed by atoms with E-state index in [4.69, 9.17) is 4.99 Å². The molecule has 1 saturated heterocycles. The van der Waals surface area contributed by atoms with Crippen LogP contribution in [0.2, 0.25) is 0 Å². The molecule has 1 fully saturated rings. The van der Waals surface area contributed by atoms with E-state index in [2.05, 4.69) is 38.9 Å². The predicted molar refractivity (Wildman–Crippen MR) is 113 cm³/mol. The van der Waals surface area contributed by atoms with Gasteiger partial charge in [0.1, 0.15) is 0 Å². The van der Waals surface area contributed by atoms with Gasteiger partial charge < -0.3 is 15.1 Å². The molecule has 2 aromatic rings. The number of benzene rings is 1. The number of hydrogen-bond donors (Lipinski definition) is 1. The minimum absolute atomic E-state index is 0.0925. The standard InChI is InChI=1S/C20H27N7O2/c1-3-16(2)24-20(23-15-17-5-7-18(8-6-17)27(28)29)26-13-11-25(12-14-26)19-21-9-4-10-22-19/h4-10,16H,3,11-15H2,1-2H3,(H,23,24). The summed E-state index contributed by atoms with van der Waals surface area (Å²) in [6.45, 7) is 8.03. The molecule has 9 nitrogen and oxygen atoms in total. The van der Waals surface area contributed by atoms with E-state index < -0.39 is 0 Å². The predicted octanol–water partition coefficient (Wildman–Crippen LogP) is 2.45. The van der Waals surface area contributed by atoms with Gasteiger partial charge in [-0.15, -0.1) is 0 Å². The molecule has 1 aromatic carbocycles. The molecular weight excluding hydrogens is 370 g/mol. The summed E-state index contributed by atoms with van der Waals surface area (Å²) in [6.07, 6.45) is 4.51. The van der Waals surface area contributed by atoms with Gasteiger partial charge in [0.2, 0.25) is 5.95 Å². The number of nitrogens with one attached hydrogen (secondary N) is 1. The molecular formula is C20H27N7O2. The second kappa shape index (κ2) is 9.81. The van der Waals surface area contributed by atoms with Crippen molar-refractivity contribution in [1.29, 1.82) is 0 Å². The highest BCUT2D eigenvalue weighted by Crippen LogP contribution is 2.14. The van der Waals surface area contributed by atoms with Crippen molar-refractivity contribution in [3.05, 3.63) is 58.4 Å². The van der Waals surface area contributed by atoms with Gasteiger partial charge >= 0.3 is 0 Å². The highest BCUT2D eigenvalue weighted by Gasteiger charge is 2.22. The average Bonchev–Trinajstić information content (AvgIpc) is 2.77. The van der Waals surface area contributed by atoms with E-state index >= 15 is 0 Å². The Balaban J connectivity index is 1.66. The highest BCUT2D eigenvalue weighted by atomic mass is 16.6. The second-order valence-electron chi connectivity index (χ2n) is 7.04. The lowest BCUT2D eigenvalue weighted by Crippen LogP contribution is -2.54. The smallest absolute Gasteiger partial charge is 0.269 e. The quantitative estimate of drug-likeness (QED) is 0.346. The number of rotatable bonds is 6. The topological polar surface area (TPSA) is 99.8 Å². The number of nitro groups is 1. The Bertz CT molecular complexity index is 818. The van der Waals surface area contributed by atoms with Gasteiger partial charge in [0, 0.05) is 56.7 Å². The molecule has 1 unspecified atom stereocenters. The molecule has 0 radical (unpaired) electrons. The number of nitrogens with zero attached hydrogens (tertiary/aromatic N) is 6.